The van der Waals surface area contributed by atoms with E-state index < -0.39 is 9.84 Å². The van der Waals surface area contributed by atoms with E-state index in [1.165, 1.54) is 0 Å². The Kier molecular flexibility index (Phi) is 4.55. The summed E-state index contributed by atoms with van der Waals surface area (Å²) >= 11 is 0. The van der Waals surface area contributed by atoms with Crippen LogP contribution in [0.4, 0.5) is 0 Å². The monoisotopic (exact) mass is 235 g/mol. The summed E-state index contributed by atoms with van der Waals surface area (Å²) < 4.78 is 23.0. The van der Waals surface area contributed by atoms with Gasteiger partial charge in [-0.25, -0.2) is 8.42 Å². The number of aliphatic hydroxyl groups is 1. The van der Waals surface area contributed by atoms with E-state index in [4.69, 9.17) is 0 Å². The van der Waals surface area contributed by atoms with Crippen LogP contribution in [-0.4, -0.2) is 55.2 Å². The first-order chi connectivity index (χ1) is 6.92. The number of hydrogen-bond donors (Lipinski definition) is 1. The van der Waals surface area contributed by atoms with Crippen molar-refractivity contribution < 1.29 is 13.5 Å². The molecule has 0 aromatic carbocycles. The molecule has 0 aromatic rings. The molecule has 15 heavy (non-hydrogen) atoms. The lowest BCUT2D eigenvalue weighted by Gasteiger charge is -2.15. The molecule has 0 bridgehead atoms. The number of sulfone groups is 1. The first kappa shape index (κ1) is 12.9. The molecule has 90 valence electrons. The summed E-state index contributed by atoms with van der Waals surface area (Å²) in [5.41, 5.74) is 0. The molecule has 1 saturated heterocycles. The van der Waals surface area contributed by atoms with Crippen molar-refractivity contribution in [3.8, 4) is 0 Å². The number of rotatable bonds is 5. The number of likely N-dealkylation sites (tertiary alicyclic amines) is 1. The lowest BCUT2D eigenvalue weighted by atomic mass is 10.3. The van der Waals surface area contributed by atoms with Crippen molar-refractivity contribution in [2.45, 2.75) is 38.0 Å². The van der Waals surface area contributed by atoms with Crippen LogP contribution in [0.5, 0.6) is 0 Å². The molecule has 0 amide bonds. The summed E-state index contributed by atoms with van der Waals surface area (Å²) in [7, 11) is -2.89. The van der Waals surface area contributed by atoms with Crippen LogP contribution in [0.3, 0.4) is 0 Å². The molecule has 0 aromatic heterocycles. The standard InChI is InChI=1S/C10H21NO3S/c1-9(2)15(13,14)7-3-5-11-6-4-10(12)8-11/h9-10,12H,3-8H2,1-2H3/t10-/m0/s1. The predicted octanol–water partition coefficient (Wildman–Crippen LogP) is 0.266. The summed E-state index contributed by atoms with van der Waals surface area (Å²) in [6, 6.07) is 0. The zero-order valence-corrected chi connectivity index (χ0v) is 10.3. The summed E-state index contributed by atoms with van der Waals surface area (Å²) in [4.78, 5) is 2.13. The van der Waals surface area contributed by atoms with Gasteiger partial charge in [0.15, 0.2) is 9.84 Å². The highest BCUT2D eigenvalue weighted by Crippen LogP contribution is 2.10. The van der Waals surface area contributed by atoms with Gasteiger partial charge in [0, 0.05) is 13.1 Å². The third-order valence-electron chi connectivity index (χ3n) is 2.87. The smallest absolute Gasteiger partial charge is 0.152 e. The normalized spacial score (nSPS) is 23.9. The summed E-state index contributed by atoms with van der Waals surface area (Å²) in [5.74, 6) is 0.261. The fourth-order valence-corrected chi connectivity index (χ4v) is 2.74. The Hall–Kier alpha value is -0.130. The zero-order chi connectivity index (χ0) is 11.5. The molecule has 4 nitrogen and oxygen atoms in total. The fourth-order valence-electron chi connectivity index (χ4n) is 1.74. The van der Waals surface area contributed by atoms with Gasteiger partial charge in [-0.2, -0.15) is 0 Å². The lowest BCUT2D eigenvalue weighted by Crippen LogP contribution is -2.26. The van der Waals surface area contributed by atoms with Crippen molar-refractivity contribution in [2.75, 3.05) is 25.4 Å². The predicted molar refractivity (Wildman–Crippen MR) is 60.6 cm³/mol. The zero-order valence-electron chi connectivity index (χ0n) is 9.52. The van der Waals surface area contributed by atoms with Crippen LogP contribution in [0.2, 0.25) is 0 Å². The molecule has 0 saturated carbocycles. The highest BCUT2D eigenvalue weighted by Gasteiger charge is 2.21. The molecule has 1 aliphatic rings. The molecule has 1 rings (SSSR count). The average Bonchev–Trinajstić information content (AvgIpc) is 2.51. The maximum atomic E-state index is 11.5. The fraction of sp³-hybridized carbons (Fsp3) is 1.00. The first-order valence-corrected chi connectivity index (χ1v) is 7.25. The number of nitrogens with zero attached hydrogens (tertiary/aromatic N) is 1. The molecule has 0 unspecified atom stereocenters. The Labute approximate surface area is 92.2 Å². The molecule has 0 aliphatic carbocycles. The first-order valence-electron chi connectivity index (χ1n) is 5.54. The maximum Gasteiger partial charge on any atom is 0.152 e. The Bertz CT molecular complexity index is 287. The van der Waals surface area contributed by atoms with E-state index in [0.29, 0.717) is 13.0 Å². The summed E-state index contributed by atoms with van der Waals surface area (Å²) in [6.45, 7) is 5.80. The van der Waals surface area contributed by atoms with Crippen molar-refractivity contribution in [3.63, 3.8) is 0 Å². The average molecular weight is 235 g/mol. The van der Waals surface area contributed by atoms with E-state index in [9.17, 15) is 13.5 Å². The number of hydrogen-bond acceptors (Lipinski definition) is 4. The van der Waals surface area contributed by atoms with Crippen LogP contribution in [0.25, 0.3) is 0 Å². The summed E-state index contributed by atoms with van der Waals surface area (Å²) in [5, 5.41) is 9.01. The minimum absolute atomic E-state index is 0.216. The van der Waals surface area contributed by atoms with Crippen molar-refractivity contribution in [1.82, 2.24) is 4.90 Å². The van der Waals surface area contributed by atoms with Gasteiger partial charge in [-0.05, 0) is 33.2 Å². The molecule has 1 fully saturated rings. The Morgan fingerprint density at radius 1 is 1.47 bits per heavy atom. The third kappa shape index (κ3) is 4.09. The third-order valence-corrected chi connectivity index (χ3v) is 5.16. The second-order valence-corrected chi connectivity index (χ2v) is 7.19. The van der Waals surface area contributed by atoms with E-state index in [1.807, 2.05) is 0 Å². The van der Waals surface area contributed by atoms with Crippen molar-refractivity contribution in [3.05, 3.63) is 0 Å². The molecular weight excluding hydrogens is 214 g/mol. The Balaban J connectivity index is 2.22. The van der Waals surface area contributed by atoms with Crippen molar-refractivity contribution in [1.29, 1.82) is 0 Å². The molecule has 1 N–H and O–H groups in total. The van der Waals surface area contributed by atoms with Crippen LogP contribution in [0, 0.1) is 0 Å². The van der Waals surface area contributed by atoms with Crippen LogP contribution >= 0.6 is 0 Å². The minimum Gasteiger partial charge on any atom is -0.392 e. The second kappa shape index (κ2) is 5.27. The van der Waals surface area contributed by atoms with Gasteiger partial charge < -0.3 is 10.0 Å². The molecule has 1 atom stereocenters. The molecular formula is C10H21NO3S. The van der Waals surface area contributed by atoms with E-state index in [0.717, 1.165) is 19.5 Å². The quantitative estimate of drug-likeness (QED) is 0.743. The summed E-state index contributed by atoms with van der Waals surface area (Å²) in [6.07, 6.45) is 1.27. The van der Waals surface area contributed by atoms with Crippen LogP contribution in [-0.2, 0) is 9.84 Å². The van der Waals surface area contributed by atoms with Gasteiger partial charge in [0.2, 0.25) is 0 Å². The van der Waals surface area contributed by atoms with E-state index >= 15 is 0 Å². The van der Waals surface area contributed by atoms with Gasteiger partial charge in [0.1, 0.15) is 0 Å². The van der Waals surface area contributed by atoms with Crippen LogP contribution in [0.15, 0.2) is 0 Å². The molecule has 5 heteroatoms. The van der Waals surface area contributed by atoms with Crippen molar-refractivity contribution in [2.24, 2.45) is 0 Å². The lowest BCUT2D eigenvalue weighted by molar-refractivity contribution is 0.176. The molecule has 1 heterocycles. The van der Waals surface area contributed by atoms with E-state index in [2.05, 4.69) is 4.90 Å². The van der Waals surface area contributed by atoms with Crippen LogP contribution in [0.1, 0.15) is 26.7 Å². The molecule has 0 radical (unpaired) electrons. The number of aliphatic hydroxyl groups excluding tert-OH is 1. The van der Waals surface area contributed by atoms with E-state index in [-0.39, 0.29) is 17.1 Å². The van der Waals surface area contributed by atoms with Gasteiger partial charge in [-0.15, -0.1) is 0 Å². The van der Waals surface area contributed by atoms with Crippen molar-refractivity contribution >= 4 is 9.84 Å². The topological polar surface area (TPSA) is 57.6 Å². The van der Waals surface area contributed by atoms with Gasteiger partial charge in [-0.1, -0.05) is 0 Å². The largest absolute Gasteiger partial charge is 0.392 e. The highest BCUT2D eigenvalue weighted by molar-refractivity contribution is 7.91. The highest BCUT2D eigenvalue weighted by atomic mass is 32.2. The van der Waals surface area contributed by atoms with Gasteiger partial charge in [0.05, 0.1) is 17.1 Å². The maximum absolute atomic E-state index is 11.5. The number of β-amino-alcohol motifs (C(OH)–C–C–N with tert-alkyl or cyclic N) is 1. The SMILES string of the molecule is CC(C)S(=O)(=O)CCCN1CC[C@H](O)C1. The minimum atomic E-state index is -2.89. The van der Waals surface area contributed by atoms with Gasteiger partial charge in [0.25, 0.3) is 0 Å². The molecule has 0 spiro atoms. The van der Waals surface area contributed by atoms with Crippen LogP contribution < -0.4 is 0 Å². The second-order valence-electron chi connectivity index (χ2n) is 4.51. The Morgan fingerprint density at radius 3 is 2.60 bits per heavy atom. The van der Waals surface area contributed by atoms with Gasteiger partial charge >= 0.3 is 0 Å². The van der Waals surface area contributed by atoms with E-state index in [1.54, 1.807) is 13.8 Å². The Morgan fingerprint density at radius 2 is 2.13 bits per heavy atom. The molecule has 1 aliphatic heterocycles. The van der Waals surface area contributed by atoms with Gasteiger partial charge in [-0.3, -0.25) is 0 Å².